The average molecular weight is 364 g/mol. The van der Waals surface area contributed by atoms with Crippen molar-refractivity contribution in [2.75, 3.05) is 6.54 Å². The van der Waals surface area contributed by atoms with Gasteiger partial charge in [-0.15, -0.1) is 0 Å². The van der Waals surface area contributed by atoms with Crippen LogP contribution >= 0.6 is 15.9 Å². The number of amides is 2. The van der Waals surface area contributed by atoms with Crippen LogP contribution in [0.3, 0.4) is 0 Å². The Bertz CT molecular complexity index is 586. The number of hydrogen-bond acceptors (Lipinski definition) is 3. The molecule has 22 heavy (non-hydrogen) atoms. The van der Waals surface area contributed by atoms with Crippen molar-refractivity contribution in [3.63, 3.8) is 0 Å². The predicted octanol–water partition coefficient (Wildman–Crippen LogP) is 2.52. The van der Waals surface area contributed by atoms with Crippen LogP contribution < -0.4 is 10.6 Å². The van der Waals surface area contributed by atoms with Gasteiger partial charge in [-0.1, -0.05) is 15.9 Å². The van der Waals surface area contributed by atoms with E-state index in [-0.39, 0.29) is 24.8 Å². The lowest BCUT2D eigenvalue weighted by molar-refractivity contribution is -0.122. The summed E-state index contributed by atoms with van der Waals surface area (Å²) >= 11 is 3.31. The fraction of sp³-hybridized carbons (Fsp3) is 0.438. The van der Waals surface area contributed by atoms with Gasteiger partial charge in [-0.25, -0.2) is 0 Å². The van der Waals surface area contributed by atoms with Crippen LogP contribution in [0.4, 0.5) is 0 Å². The number of nitriles is 1. The summed E-state index contributed by atoms with van der Waals surface area (Å²) in [5.74, 6) is -0.407. The van der Waals surface area contributed by atoms with Gasteiger partial charge in [0.05, 0.1) is 6.07 Å². The van der Waals surface area contributed by atoms with Crippen LogP contribution in [-0.4, -0.2) is 23.9 Å². The highest BCUT2D eigenvalue weighted by molar-refractivity contribution is 9.10. The zero-order chi connectivity index (χ0) is 16.0. The van der Waals surface area contributed by atoms with Crippen LogP contribution in [-0.2, 0) is 4.79 Å². The van der Waals surface area contributed by atoms with Gasteiger partial charge >= 0.3 is 0 Å². The van der Waals surface area contributed by atoms with E-state index in [1.165, 1.54) is 0 Å². The molecule has 0 heterocycles. The minimum Gasteiger partial charge on any atom is -0.352 e. The van der Waals surface area contributed by atoms with Gasteiger partial charge in [-0.3, -0.25) is 9.59 Å². The quantitative estimate of drug-likeness (QED) is 0.842. The van der Waals surface area contributed by atoms with E-state index in [0.29, 0.717) is 18.4 Å². The summed E-state index contributed by atoms with van der Waals surface area (Å²) < 4.78 is 0.904. The molecule has 1 fully saturated rings. The summed E-state index contributed by atoms with van der Waals surface area (Å²) in [4.78, 5) is 23.8. The zero-order valence-corrected chi connectivity index (χ0v) is 13.8. The molecule has 0 radical (unpaired) electrons. The molecule has 1 saturated carbocycles. The van der Waals surface area contributed by atoms with Gasteiger partial charge in [-0.2, -0.15) is 5.26 Å². The highest BCUT2D eigenvalue weighted by atomic mass is 79.9. The van der Waals surface area contributed by atoms with E-state index in [2.05, 4.69) is 32.6 Å². The molecule has 0 aromatic heterocycles. The molecule has 116 valence electrons. The molecule has 2 amide bonds. The number of nitrogens with one attached hydrogen (secondary N) is 2. The fourth-order valence-corrected chi connectivity index (χ4v) is 2.83. The summed E-state index contributed by atoms with van der Waals surface area (Å²) in [5.41, 5.74) is -0.153. The molecule has 0 atom stereocenters. The molecule has 1 aromatic rings. The Balaban J connectivity index is 1.76. The fourth-order valence-electron chi connectivity index (χ4n) is 2.57. The first-order valence-electron chi connectivity index (χ1n) is 7.31. The van der Waals surface area contributed by atoms with E-state index >= 15 is 0 Å². The van der Waals surface area contributed by atoms with E-state index in [9.17, 15) is 14.9 Å². The van der Waals surface area contributed by atoms with Gasteiger partial charge in [0.15, 0.2) is 0 Å². The van der Waals surface area contributed by atoms with Gasteiger partial charge in [0.25, 0.3) is 5.91 Å². The third kappa shape index (κ3) is 4.31. The molecule has 0 saturated heterocycles. The van der Waals surface area contributed by atoms with Crippen molar-refractivity contribution in [3.05, 3.63) is 34.3 Å². The molecule has 0 unspecified atom stereocenters. The number of nitrogens with zero attached hydrogens (tertiary/aromatic N) is 1. The van der Waals surface area contributed by atoms with Crippen LogP contribution in [0.25, 0.3) is 0 Å². The Labute approximate surface area is 138 Å². The summed E-state index contributed by atoms with van der Waals surface area (Å²) in [5, 5.41) is 14.7. The summed E-state index contributed by atoms with van der Waals surface area (Å²) in [6.45, 7) is 0.252. The number of carbonyl (C=O) groups is 2. The van der Waals surface area contributed by atoms with Gasteiger partial charge in [-0.05, 0) is 49.9 Å². The van der Waals surface area contributed by atoms with Crippen LogP contribution in [0.1, 0.15) is 42.5 Å². The van der Waals surface area contributed by atoms with Crippen molar-refractivity contribution < 1.29 is 9.59 Å². The van der Waals surface area contributed by atoms with Crippen molar-refractivity contribution in [1.29, 1.82) is 5.26 Å². The molecule has 5 nitrogen and oxygen atoms in total. The smallest absolute Gasteiger partial charge is 0.251 e. The number of rotatable bonds is 5. The predicted molar refractivity (Wildman–Crippen MR) is 86.0 cm³/mol. The first kappa shape index (κ1) is 16.5. The van der Waals surface area contributed by atoms with Crippen molar-refractivity contribution in [1.82, 2.24) is 10.6 Å². The second-order valence-electron chi connectivity index (χ2n) is 5.46. The van der Waals surface area contributed by atoms with Crippen LogP contribution in [0, 0.1) is 11.3 Å². The molecule has 1 aromatic carbocycles. The van der Waals surface area contributed by atoms with E-state index in [4.69, 9.17) is 0 Å². The van der Waals surface area contributed by atoms with Gasteiger partial charge in [0.2, 0.25) is 5.91 Å². The Hall–Kier alpha value is -1.87. The van der Waals surface area contributed by atoms with Gasteiger partial charge in [0, 0.05) is 23.0 Å². The first-order valence-corrected chi connectivity index (χ1v) is 8.10. The maximum Gasteiger partial charge on any atom is 0.251 e. The SMILES string of the molecule is N#CC1(NC(=O)CCNC(=O)c2ccc(Br)cc2)CCCC1. The summed E-state index contributed by atoms with van der Waals surface area (Å²) in [7, 11) is 0. The molecular weight excluding hydrogens is 346 g/mol. The third-order valence-corrected chi connectivity index (χ3v) is 4.32. The van der Waals surface area contributed by atoms with E-state index in [1.54, 1.807) is 24.3 Å². The normalized spacial score (nSPS) is 15.8. The molecule has 1 aliphatic carbocycles. The Morgan fingerprint density at radius 1 is 1.23 bits per heavy atom. The Morgan fingerprint density at radius 3 is 2.45 bits per heavy atom. The Kier molecular flexibility index (Phi) is 5.56. The van der Waals surface area contributed by atoms with Gasteiger partial charge < -0.3 is 10.6 Å². The number of hydrogen-bond donors (Lipinski definition) is 2. The summed E-state index contributed by atoms with van der Waals surface area (Å²) in [6, 6.07) is 9.22. The largest absolute Gasteiger partial charge is 0.352 e. The third-order valence-electron chi connectivity index (χ3n) is 3.79. The maximum atomic E-state index is 11.9. The minimum absolute atomic E-state index is 0.172. The standard InChI is InChI=1S/C16H18BrN3O2/c17-13-5-3-12(4-6-13)15(22)19-10-7-14(21)20-16(11-18)8-1-2-9-16/h3-6H,1-2,7-10H2,(H,19,22)(H,20,21). The van der Waals surface area contributed by atoms with E-state index < -0.39 is 5.54 Å². The van der Waals surface area contributed by atoms with Crippen molar-refractivity contribution in [3.8, 4) is 6.07 Å². The zero-order valence-electron chi connectivity index (χ0n) is 12.2. The lowest BCUT2D eigenvalue weighted by atomic mass is 10.00. The van der Waals surface area contributed by atoms with Crippen LogP contribution in [0.5, 0.6) is 0 Å². The molecule has 0 aliphatic heterocycles. The van der Waals surface area contributed by atoms with Crippen LogP contribution in [0.15, 0.2) is 28.7 Å². The molecule has 2 rings (SSSR count). The highest BCUT2D eigenvalue weighted by Gasteiger charge is 2.35. The van der Waals surface area contributed by atoms with Crippen molar-refractivity contribution in [2.24, 2.45) is 0 Å². The van der Waals surface area contributed by atoms with E-state index in [1.807, 2.05) is 0 Å². The van der Waals surface area contributed by atoms with Gasteiger partial charge in [0.1, 0.15) is 5.54 Å². The molecule has 6 heteroatoms. The highest BCUT2D eigenvalue weighted by Crippen LogP contribution is 2.28. The number of halogens is 1. The Morgan fingerprint density at radius 2 is 1.86 bits per heavy atom. The molecule has 0 bridgehead atoms. The van der Waals surface area contributed by atoms with Crippen LogP contribution in [0.2, 0.25) is 0 Å². The molecule has 0 spiro atoms. The second kappa shape index (κ2) is 7.41. The summed E-state index contributed by atoms with van der Waals surface area (Å²) in [6.07, 6.45) is 3.52. The topological polar surface area (TPSA) is 82.0 Å². The lowest BCUT2D eigenvalue weighted by Crippen LogP contribution is -2.46. The average Bonchev–Trinajstić information content (AvgIpc) is 2.97. The molecule has 1 aliphatic rings. The molecular formula is C16H18BrN3O2. The number of benzene rings is 1. The molecule has 2 N–H and O–H groups in total. The van der Waals surface area contributed by atoms with Crippen molar-refractivity contribution >= 4 is 27.7 Å². The van der Waals surface area contributed by atoms with Crippen molar-refractivity contribution in [2.45, 2.75) is 37.6 Å². The minimum atomic E-state index is -0.702. The number of carbonyl (C=O) groups excluding carboxylic acids is 2. The lowest BCUT2D eigenvalue weighted by Gasteiger charge is -2.21. The monoisotopic (exact) mass is 363 g/mol. The first-order chi connectivity index (χ1) is 10.5. The second-order valence-corrected chi connectivity index (χ2v) is 6.38. The maximum absolute atomic E-state index is 11.9. The van der Waals surface area contributed by atoms with E-state index in [0.717, 1.165) is 17.3 Å².